The number of benzene rings is 2. The normalized spacial score (nSPS) is 23.9. The molecule has 3 aliphatic carbocycles. The summed E-state index contributed by atoms with van der Waals surface area (Å²) in [6.07, 6.45) is 7.05. The smallest absolute Gasteiger partial charge is 0.337 e. The average molecular weight is 512 g/mol. The molecule has 4 aliphatic rings. The first-order valence-electron chi connectivity index (χ1n) is 14.1. The predicted molar refractivity (Wildman–Crippen MR) is 147 cm³/mol. The van der Waals surface area contributed by atoms with Crippen LogP contribution in [0, 0.1) is 26.7 Å². The minimum atomic E-state index is -0.531. The molecular weight excluding hydrogens is 474 g/mol. The van der Waals surface area contributed by atoms with Crippen molar-refractivity contribution >= 4 is 11.8 Å². The fourth-order valence-electron chi connectivity index (χ4n) is 7.13. The molecule has 198 valence electrons. The highest BCUT2D eigenvalue weighted by Crippen LogP contribution is 2.51. The van der Waals surface area contributed by atoms with E-state index in [9.17, 15) is 14.7 Å². The number of ketones is 1. The Bertz CT molecular complexity index is 1350. The van der Waals surface area contributed by atoms with Crippen LogP contribution < -0.4 is 5.32 Å². The van der Waals surface area contributed by atoms with E-state index in [1.165, 1.54) is 22.3 Å². The number of Topliss-reactive ketones (excluding diaryl/α,β-unsaturated/α-hetero) is 1. The average Bonchev–Trinajstić information content (AvgIpc) is 3.58. The zero-order chi connectivity index (χ0) is 26.6. The summed E-state index contributed by atoms with van der Waals surface area (Å²) in [5, 5.41) is 14.0. The predicted octanol–water partition coefficient (Wildman–Crippen LogP) is 6.55. The van der Waals surface area contributed by atoms with Crippen molar-refractivity contribution in [3.05, 3.63) is 86.8 Å². The van der Waals surface area contributed by atoms with Gasteiger partial charge in [-0.05, 0) is 112 Å². The highest BCUT2D eigenvalue weighted by molar-refractivity contribution is 6.04. The number of dihydropyridines is 1. The minimum absolute atomic E-state index is 0.0606. The maximum Gasteiger partial charge on any atom is 0.337 e. The first-order chi connectivity index (χ1) is 18.3. The number of carbonyl (C=O) groups excluding carboxylic acids is 2. The molecule has 0 bridgehead atoms. The molecule has 1 heterocycles. The summed E-state index contributed by atoms with van der Waals surface area (Å²) in [7, 11) is 0. The standard InChI is InChI=1S/C33H37NO4/c1-18-13-19(2)28(20(3)14-18)23-16-26-30(27(36)17-23)29(22-7-6-8-24(35)15-22)31(32(34-26)21-11-12-21)33(37)38-25-9-4-5-10-25/h6-8,13-15,21,23,25,29,34-35H,4-5,9-12,16-17H2,1-3H3. The van der Waals surface area contributed by atoms with Gasteiger partial charge in [-0.1, -0.05) is 29.8 Å². The van der Waals surface area contributed by atoms with E-state index in [0.29, 0.717) is 17.6 Å². The molecule has 0 spiro atoms. The van der Waals surface area contributed by atoms with Crippen molar-refractivity contribution in [2.24, 2.45) is 5.92 Å². The first-order valence-corrected chi connectivity index (χ1v) is 14.1. The van der Waals surface area contributed by atoms with Gasteiger partial charge in [-0.2, -0.15) is 0 Å². The van der Waals surface area contributed by atoms with Gasteiger partial charge in [-0.25, -0.2) is 4.79 Å². The summed E-state index contributed by atoms with van der Waals surface area (Å²) in [6.45, 7) is 6.39. The number of phenolic OH excluding ortho intramolecular Hbond substituents is 1. The van der Waals surface area contributed by atoms with Crippen LogP contribution in [0.5, 0.6) is 5.75 Å². The first kappa shape index (κ1) is 25.0. The van der Waals surface area contributed by atoms with Crippen molar-refractivity contribution in [3.8, 4) is 5.75 Å². The molecule has 5 heteroatoms. The zero-order valence-corrected chi connectivity index (χ0v) is 22.6. The fraction of sp³-hybridized carbons (Fsp3) is 0.455. The van der Waals surface area contributed by atoms with Gasteiger partial charge in [0, 0.05) is 29.3 Å². The quantitative estimate of drug-likeness (QED) is 0.445. The molecule has 2 aromatic carbocycles. The van der Waals surface area contributed by atoms with Gasteiger partial charge in [0.2, 0.25) is 0 Å². The molecule has 0 radical (unpaired) electrons. The number of hydrogen-bond acceptors (Lipinski definition) is 5. The monoisotopic (exact) mass is 511 g/mol. The van der Waals surface area contributed by atoms with Gasteiger partial charge in [0.15, 0.2) is 5.78 Å². The van der Waals surface area contributed by atoms with Crippen LogP contribution >= 0.6 is 0 Å². The Morgan fingerprint density at radius 2 is 1.66 bits per heavy atom. The molecule has 5 nitrogen and oxygen atoms in total. The molecule has 0 saturated heterocycles. The van der Waals surface area contributed by atoms with E-state index >= 15 is 0 Å². The van der Waals surface area contributed by atoms with Gasteiger partial charge < -0.3 is 15.2 Å². The molecular formula is C33H37NO4. The lowest BCUT2D eigenvalue weighted by Gasteiger charge is -2.38. The van der Waals surface area contributed by atoms with E-state index in [-0.39, 0.29) is 35.4 Å². The largest absolute Gasteiger partial charge is 0.508 e. The molecule has 2 fully saturated rings. The number of nitrogens with one attached hydrogen (secondary N) is 1. The van der Waals surface area contributed by atoms with Crippen molar-refractivity contribution < 1.29 is 19.4 Å². The summed E-state index contributed by atoms with van der Waals surface area (Å²) in [5.74, 6) is -0.285. The molecule has 38 heavy (non-hydrogen) atoms. The van der Waals surface area contributed by atoms with Gasteiger partial charge in [-0.3, -0.25) is 4.79 Å². The third kappa shape index (κ3) is 4.57. The Labute approximate surface area is 225 Å². The van der Waals surface area contributed by atoms with Crippen LogP contribution in [-0.4, -0.2) is 23.0 Å². The van der Waals surface area contributed by atoms with Crippen LogP contribution in [0.3, 0.4) is 0 Å². The van der Waals surface area contributed by atoms with Crippen LogP contribution in [0.1, 0.15) is 91.0 Å². The number of aromatic hydroxyl groups is 1. The number of carbonyl (C=O) groups is 2. The second-order valence-corrected chi connectivity index (χ2v) is 11.8. The highest BCUT2D eigenvalue weighted by atomic mass is 16.5. The molecule has 1 aliphatic heterocycles. The summed E-state index contributed by atoms with van der Waals surface area (Å²) < 4.78 is 6.06. The lowest BCUT2D eigenvalue weighted by Crippen LogP contribution is -2.38. The van der Waals surface area contributed by atoms with Crippen LogP contribution in [0.15, 0.2) is 58.9 Å². The second kappa shape index (κ2) is 9.76. The maximum atomic E-state index is 14.0. The molecule has 2 atom stereocenters. The SMILES string of the molecule is Cc1cc(C)c(C2CC(=O)C3=C(C2)NC(C2CC2)=C(C(=O)OC2CCCC2)C3c2cccc(O)c2)c(C)c1. The van der Waals surface area contributed by atoms with Crippen molar-refractivity contribution in [2.75, 3.05) is 0 Å². The maximum absolute atomic E-state index is 14.0. The van der Waals surface area contributed by atoms with Gasteiger partial charge >= 0.3 is 5.97 Å². The molecule has 2 unspecified atom stereocenters. The van der Waals surface area contributed by atoms with Crippen LogP contribution in [0.25, 0.3) is 0 Å². The van der Waals surface area contributed by atoms with E-state index in [0.717, 1.165) is 61.9 Å². The van der Waals surface area contributed by atoms with E-state index in [1.807, 2.05) is 6.07 Å². The number of phenols is 1. The van der Waals surface area contributed by atoms with Crippen LogP contribution in [0.2, 0.25) is 0 Å². The number of allylic oxidation sites excluding steroid dienone is 3. The Morgan fingerprint density at radius 3 is 2.32 bits per heavy atom. The number of rotatable bonds is 5. The molecule has 2 N–H and O–H groups in total. The van der Waals surface area contributed by atoms with Crippen molar-refractivity contribution in [1.82, 2.24) is 5.32 Å². The molecule has 2 aromatic rings. The van der Waals surface area contributed by atoms with E-state index in [4.69, 9.17) is 4.74 Å². The number of aryl methyl sites for hydroxylation is 3. The van der Waals surface area contributed by atoms with Crippen molar-refractivity contribution in [1.29, 1.82) is 0 Å². The highest BCUT2D eigenvalue weighted by Gasteiger charge is 2.46. The molecule has 2 saturated carbocycles. The lowest BCUT2D eigenvalue weighted by molar-refractivity contribution is -0.144. The van der Waals surface area contributed by atoms with Gasteiger partial charge in [0.05, 0.1) is 5.57 Å². The summed E-state index contributed by atoms with van der Waals surface area (Å²) in [5.41, 5.74) is 8.79. The Hall–Kier alpha value is -3.34. The summed E-state index contributed by atoms with van der Waals surface area (Å²) in [6, 6.07) is 11.4. The third-order valence-electron chi connectivity index (χ3n) is 8.79. The topological polar surface area (TPSA) is 75.6 Å². The molecule has 6 rings (SSSR count). The molecule has 0 amide bonds. The Kier molecular flexibility index (Phi) is 6.41. The summed E-state index contributed by atoms with van der Waals surface area (Å²) in [4.78, 5) is 27.9. The number of hydrogen-bond donors (Lipinski definition) is 2. The van der Waals surface area contributed by atoms with E-state index in [1.54, 1.807) is 18.2 Å². The summed E-state index contributed by atoms with van der Waals surface area (Å²) >= 11 is 0. The third-order valence-corrected chi connectivity index (χ3v) is 8.79. The van der Waals surface area contributed by atoms with Crippen molar-refractivity contribution in [2.45, 2.75) is 90.1 Å². The Morgan fingerprint density at radius 1 is 0.947 bits per heavy atom. The van der Waals surface area contributed by atoms with Gasteiger partial charge in [0.1, 0.15) is 11.9 Å². The van der Waals surface area contributed by atoms with E-state index in [2.05, 4.69) is 38.2 Å². The van der Waals surface area contributed by atoms with Crippen LogP contribution in [-0.2, 0) is 14.3 Å². The number of ether oxygens (including phenoxy) is 1. The second-order valence-electron chi connectivity index (χ2n) is 11.8. The van der Waals surface area contributed by atoms with Crippen molar-refractivity contribution in [3.63, 3.8) is 0 Å². The lowest BCUT2D eigenvalue weighted by atomic mass is 9.70. The number of esters is 1. The molecule has 0 aromatic heterocycles. The van der Waals surface area contributed by atoms with E-state index < -0.39 is 5.92 Å². The van der Waals surface area contributed by atoms with Gasteiger partial charge in [-0.15, -0.1) is 0 Å². The zero-order valence-electron chi connectivity index (χ0n) is 22.6. The Balaban J connectivity index is 1.45. The minimum Gasteiger partial charge on any atom is -0.508 e. The fourth-order valence-corrected chi connectivity index (χ4v) is 7.13. The van der Waals surface area contributed by atoms with Crippen LogP contribution in [0.4, 0.5) is 0 Å². The van der Waals surface area contributed by atoms with Gasteiger partial charge in [0.25, 0.3) is 0 Å².